The first-order valence-corrected chi connectivity index (χ1v) is 13.6. The van der Waals surface area contributed by atoms with Gasteiger partial charge < -0.3 is 15.1 Å². The van der Waals surface area contributed by atoms with Gasteiger partial charge in [-0.1, -0.05) is 30.3 Å². The Kier molecular flexibility index (Phi) is 7.69. The quantitative estimate of drug-likeness (QED) is 0.594. The summed E-state index contributed by atoms with van der Waals surface area (Å²) in [5, 5.41) is 3.24. The average Bonchev–Trinajstić information content (AvgIpc) is 2.78. The van der Waals surface area contributed by atoms with Gasteiger partial charge in [0.25, 0.3) is 0 Å². The SMILES string of the molecule is CN1CCN(c2cc(NCc3ccccc3)c(S(=O)(=O)N(C)C)cc2S(=O)(=O)N(C)C)CC1. The third-order valence-electron chi connectivity index (χ3n) is 5.75. The Labute approximate surface area is 197 Å². The predicted octanol–water partition coefficient (Wildman–Crippen LogP) is 1.55. The molecule has 1 N–H and O–H groups in total. The maximum Gasteiger partial charge on any atom is 0.244 e. The first-order chi connectivity index (χ1) is 15.4. The van der Waals surface area contributed by atoms with Gasteiger partial charge in [-0.3, -0.25) is 0 Å². The molecule has 0 bridgehead atoms. The molecule has 0 aromatic heterocycles. The molecule has 1 heterocycles. The summed E-state index contributed by atoms with van der Waals surface area (Å²) < 4.78 is 55.1. The van der Waals surface area contributed by atoms with E-state index < -0.39 is 20.0 Å². The van der Waals surface area contributed by atoms with Crippen molar-refractivity contribution in [1.29, 1.82) is 0 Å². The summed E-state index contributed by atoms with van der Waals surface area (Å²) in [5.41, 5.74) is 1.86. The minimum absolute atomic E-state index is 0.0114. The van der Waals surface area contributed by atoms with Gasteiger partial charge in [-0.05, 0) is 24.7 Å². The number of nitrogens with zero attached hydrogens (tertiary/aromatic N) is 4. The van der Waals surface area contributed by atoms with Crippen LogP contribution < -0.4 is 10.2 Å². The van der Waals surface area contributed by atoms with E-state index in [9.17, 15) is 16.8 Å². The topological polar surface area (TPSA) is 93.3 Å². The van der Waals surface area contributed by atoms with Crippen molar-refractivity contribution in [2.75, 3.05) is 71.6 Å². The van der Waals surface area contributed by atoms with Crippen LogP contribution in [-0.4, -0.2) is 91.8 Å². The molecular weight excluding hydrogens is 462 g/mol. The number of hydrogen-bond acceptors (Lipinski definition) is 7. The van der Waals surface area contributed by atoms with Gasteiger partial charge in [0, 0.05) is 60.9 Å². The number of anilines is 2. The molecule has 2 aromatic carbocycles. The van der Waals surface area contributed by atoms with Crippen molar-refractivity contribution in [1.82, 2.24) is 13.5 Å². The molecule has 0 aliphatic carbocycles. The second-order valence-electron chi connectivity index (χ2n) is 8.52. The van der Waals surface area contributed by atoms with Gasteiger partial charge in [0.1, 0.15) is 9.79 Å². The molecule has 9 nitrogen and oxygen atoms in total. The summed E-state index contributed by atoms with van der Waals surface area (Å²) in [7, 11) is -0.0197. The normalized spacial score (nSPS) is 15.9. The Bertz CT molecular complexity index is 1170. The number of piperazine rings is 1. The zero-order valence-corrected chi connectivity index (χ0v) is 21.4. The Balaban J connectivity index is 2.20. The van der Waals surface area contributed by atoms with E-state index in [-0.39, 0.29) is 9.79 Å². The summed E-state index contributed by atoms with van der Waals surface area (Å²) in [6.45, 7) is 3.26. The lowest BCUT2D eigenvalue weighted by Gasteiger charge is -2.36. The fourth-order valence-electron chi connectivity index (χ4n) is 3.59. The summed E-state index contributed by atoms with van der Waals surface area (Å²) in [6.07, 6.45) is 0. The molecule has 1 fully saturated rings. The van der Waals surface area contributed by atoms with E-state index in [0.29, 0.717) is 31.0 Å². The van der Waals surface area contributed by atoms with Crippen LogP contribution >= 0.6 is 0 Å². The van der Waals surface area contributed by atoms with Crippen LogP contribution in [0.15, 0.2) is 52.3 Å². The molecule has 3 rings (SSSR count). The fraction of sp³-hybridized carbons (Fsp3) is 0.455. The van der Waals surface area contributed by atoms with Gasteiger partial charge >= 0.3 is 0 Å². The first-order valence-electron chi connectivity index (χ1n) is 10.7. The van der Waals surface area contributed by atoms with Gasteiger partial charge in [-0.15, -0.1) is 0 Å². The van der Waals surface area contributed by atoms with Crippen molar-refractivity contribution < 1.29 is 16.8 Å². The van der Waals surface area contributed by atoms with Crippen LogP contribution in [0, 0.1) is 0 Å². The van der Waals surface area contributed by atoms with E-state index in [4.69, 9.17) is 0 Å². The van der Waals surface area contributed by atoms with Crippen molar-refractivity contribution in [2.45, 2.75) is 16.3 Å². The Morgan fingerprint density at radius 2 is 1.36 bits per heavy atom. The lowest BCUT2D eigenvalue weighted by atomic mass is 10.2. The third-order valence-corrected chi connectivity index (χ3v) is 9.45. The summed E-state index contributed by atoms with van der Waals surface area (Å²) in [4.78, 5) is 4.11. The fourth-order valence-corrected chi connectivity index (χ4v) is 5.85. The molecule has 1 aliphatic heterocycles. The molecule has 1 saturated heterocycles. The van der Waals surface area contributed by atoms with E-state index in [1.165, 1.54) is 34.3 Å². The van der Waals surface area contributed by atoms with Crippen LogP contribution in [-0.2, 0) is 26.6 Å². The number of sulfonamides is 2. The molecule has 11 heteroatoms. The summed E-state index contributed by atoms with van der Waals surface area (Å²) >= 11 is 0. The van der Waals surface area contributed by atoms with Gasteiger partial charge in [-0.2, -0.15) is 0 Å². The Hall–Kier alpha value is -2.18. The monoisotopic (exact) mass is 495 g/mol. The number of hydrogen-bond donors (Lipinski definition) is 1. The van der Waals surface area contributed by atoms with E-state index in [2.05, 4.69) is 10.2 Å². The van der Waals surface area contributed by atoms with Crippen molar-refractivity contribution in [3.8, 4) is 0 Å². The molecule has 2 aromatic rings. The van der Waals surface area contributed by atoms with Crippen LogP contribution in [0.5, 0.6) is 0 Å². The second-order valence-corrected chi connectivity index (χ2v) is 12.8. The molecular formula is C22H33N5O4S2. The van der Waals surface area contributed by atoms with Gasteiger partial charge in [0.15, 0.2) is 0 Å². The van der Waals surface area contributed by atoms with Crippen LogP contribution in [0.25, 0.3) is 0 Å². The van der Waals surface area contributed by atoms with Crippen LogP contribution in [0.3, 0.4) is 0 Å². The number of benzene rings is 2. The standard InChI is InChI=1S/C22H33N5O4S2/c1-24(2)32(28,29)21-16-22(33(30,31)25(3)4)20(27-13-11-26(5)12-14-27)15-19(21)23-17-18-9-7-6-8-10-18/h6-10,15-16,23H,11-14,17H2,1-5H3. The molecule has 0 radical (unpaired) electrons. The largest absolute Gasteiger partial charge is 0.380 e. The minimum Gasteiger partial charge on any atom is -0.380 e. The van der Waals surface area contributed by atoms with E-state index in [0.717, 1.165) is 27.3 Å². The molecule has 0 atom stereocenters. The third kappa shape index (κ3) is 5.49. The maximum atomic E-state index is 13.3. The number of rotatable bonds is 8. The molecule has 0 spiro atoms. The van der Waals surface area contributed by atoms with Crippen molar-refractivity contribution in [3.63, 3.8) is 0 Å². The zero-order valence-electron chi connectivity index (χ0n) is 19.8. The Morgan fingerprint density at radius 3 is 1.91 bits per heavy atom. The first kappa shape index (κ1) is 25.4. The predicted molar refractivity (Wildman–Crippen MR) is 132 cm³/mol. The molecule has 1 aliphatic rings. The summed E-state index contributed by atoms with van der Waals surface area (Å²) in [5.74, 6) is 0. The highest BCUT2D eigenvalue weighted by Crippen LogP contribution is 2.36. The van der Waals surface area contributed by atoms with Crippen LogP contribution in [0.4, 0.5) is 11.4 Å². The van der Waals surface area contributed by atoms with Crippen LogP contribution in [0.2, 0.25) is 0 Å². The van der Waals surface area contributed by atoms with E-state index >= 15 is 0 Å². The van der Waals surface area contributed by atoms with Gasteiger partial charge in [-0.25, -0.2) is 25.4 Å². The Morgan fingerprint density at radius 1 is 0.818 bits per heavy atom. The number of likely N-dealkylation sites (N-methyl/N-ethyl adjacent to an activating group) is 1. The molecule has 0 amide bonds. The second kappa shape index (κ2) is 9.98. The molecule has 0 saturated carbocycles. The number of nitrogens with one attached hydrogen (secondary N) is 1. The van der Waals surface area contributed by atoms with E-state index in [1.807, 2.05) is 42.3 Å². The maximum absolute atomic E-state index is 13.3. The summed E-state index contributed by atoms with van der Waals surface area (Å²) in [6, 6.07) is 12.6. The molecule has 33 heavy (non-hydrogen) atoms. The van der Waals surface area contributed by atoms with E-state index in [1.54, 1.807) is 6.07 Å². The lowest BCUT2D eigenvalue weighted by Crippen LogP contribution is -2.45. The van der Waals surface area contributed by atoms with Crippen molar-refractivity contribution >= 4 is 31.4 Å². The zero-order chi connectivity index (χ0) is 24.4. The highest BCUT2D eigenvalue weighted by atomic mass is 32.2. The highest BCUT2D eigenvalue weighted by Gasteiger charge is 2.31. The minimum atomic E-state index is -3.92. The molecule has 0 unspecified atom stereocenters. The average molecular weight is 496 g/mol. The molecule has 182 valence electrons. The highest BCUT2D eigenvalue weighted by molar-refractivity contribution is 7.90. The lowest BCUT2D eigenvalue weighted by molar-refractivity contribution is 0.312. The van der Waals surface area contributed by atoms with Gasteiger partial charge in [0.05, 0.1) is 11.4 Å². The smallest absolute Gasteiger partial charge is 0.244 e. The van der Waals surface area contributed by atoms with Crippen molar-refractivity contribution in [2.24, 2.45) is 0 Å². The van der Waals surface area contributed by atoms with Crippen molar-refractivity contribution in [3.05, 3.63) is 48.0 Å². The van der Waals surface area contributed by atoms with Crippen LogP contribution in [0.1, 0.15) is 5.56 Å². The van der Waals surface area contributed by atoms with Gasteiger partial charge in [0.2, 0.25) is 20.0 Å².